The Morgan fingerprint density at radius 3 is 2.96 bits per heavy atom. The number of hydrogen-bond acceptors (Lipinski definition) is 4. The quantitative estimate of drug-likeness (QED) is 0.463. The molecule has 0 aliphatic carbocycles. The zero-order chi connectivity index (χ0) is 19.9. The largest absolute Gasteiger partial charge is 0.492 e. The molecule has 1 aliphatic heterocycles. The summed E-state index contributed by atoms with van der Waals surface area (Å²) in [6.45, 7) is 5.38. The lowest BCUT2D eigenvalue weighted by Gasteiger charge is -2.34. The number of ether oxygens (including phenoxy) is 2. The van der Waals surface area contributed by atoms with Crippen molar-refractivity contribution in [3.63, 3.8) is 0 Å². The molecule has 1 aliphatic rings. The lowest BCUT2D eigenvalue weighted by Crippen LogP contribution is -2.48. The normalized spacial score (nSPS) is 17.6. The van der Waals surface area contributed by atoms with Gasteiger partial charge in [-0.15, -0.1) is 0 Å². The lowest BCUT2D eigenvalue weighted by molar-refractivity contribution is -0.00805. The van der Waals surface area contributed by atoms with Gasteiger partial charge in [0.25, 0.3) is 0 Å². The van der Waals surface area contributed by atoms with Crippen molar-refractivity contribution < 1.29 is 18.3 Å². The Morgan fingerprint density at radius 2 is 2.25 bits per heavy atom. The lowest BCUT2D eigenvalue weighted by atomic mass is 10.1. The Labute approximate surface area is 163 Å². The van der Waals surface area contributed by atoms with Crippen LogP contribution in [0.4, 0.5) is 8.78 Å². The molecule has 28 heavy (non-hydrogen) atoms. The predicted octanol–water partition coefficient (Wildman–Crippen LogP) is 2.12. The standard InChI is InChI=1S/C19H25F2N5O2/c1-3-22-19(23-6-8-27-15-4-5-16(20)17(21)10-15)26-7-9-28-18(13-26)14-11-24-25(2)12-14/h4-5,10-12,18H,3,6-9,13H2,1-2H3,(H,22,23). The van der Waals surface area contributed by atoms with Crippen molar-refractivity contribution in [2.24, 2.45) is 12.0 Å². The van der Waals surface area contributed by atoms with Gasteiger partial charge in [-0.1, -0.05) is 0 Å². The summed E-state index contributed by atoms with van der Waals surface area (Å²) in [7, 11) is 1.88. The highest BCUT2D eigenvalue weighted by Crippen LogP contribution is 2.21. The molecule has 1 saturated heterocycles. The fourth-order valence-electron chi connectivity index (χ4n) is 2.96. The van der Waals surface area contributed by atoms with Gasteiger partial charge in [-0.05, 0) is 19.1 Å². The second-order valence-corrected chi connectivity index (χ2v) is 6.41. The smallest absolute Gasteiger partial charge is 0.194 e. The van der Waals surface area contributed by atoms with E-state index in [1.165, 1.54) is 6.07 Å². The minimum atomic E-state index is -0.927. The number of nitrogens with one attached hydrogen (secondary N) is 1. The van der Waals surface area contributed by atoms with E-state index >= 15 is 0 Å². The van der Waals surface area contributed by atoms with Gasteiger partial charge >= 0.3 is 0 Å². The number of aryl methyl sites for hydroxylation is 1. The number of guanidine groups is 1. The van der Waals surface area contributed by atoms with E-state index in [2.05, 4.69) is 20.3 Å². The summed E-state index contributed by atoms with van der Waals surface area (Å²) in [6, 6.07) is 3.48. The molecule has 2 heterocycles. The molecule has 1 unspecified atom stereocenters. The third-order valence-electron chi connectivity index (χ3n) is 4.31. The highest BCUT2D eigenvalue weighted by molar-refractivity contribution is 5.80. The highest BCUT2D eigenvalue weighted by atomic mass is 19.2. The van der Waals surface area contributed by atoms with Crippen molar-refractivity contribution in [1.82, 2.24) is 20.0 Å². The summed E-state index contributed by atoms with van der Waals surface area (Å²) < 4.78 is 39.3. The minimum absolute atomic E-state index is 0.0650. The Hall–Kier alpha value is -2.68. The summed E-state index contributed by atoms with van der Waals surface area (Å²) >= 11 is 0. The minimum Gasteiger partial charge on any atom is -0.492 e. The van der Waals surface area contributed by atoms with Gasteiger partial charge < -0.3 is 19.7 Å². The molecule has 2 aromatic rings. The second-order valence-electron chi connectivity index (χ2n) is 6.41. The monoisotopic (exact) mass is 393 g/mol. The number of morpholine rings is 1. The molecular weight excluding hydrogens is 368 g/mol. The number of benzene rings is 1. The number of aromatic nitrogens is 2. The third-order valence-corrected chi connectivity index (χ3v) is 4.31. The van der Waals surface area contributed by atoms with Crippen molar-refractivity contribution in [3.05, 3.63) is 47.8 Å². The van der Waals surface area contributed by atoms with Crippen molar-refractivity contribution >= 4 is 5.96 Å². The van der Waals surface area contributed by atoms with Crippen molar-refractivity contribution in [2.45, 2.75) is 13.0 Å². The van der Waals surface area contributed by atoms with Crippen LogP contribution in [-0.2, 0) is 11.8 Å². The highest BCUT2D eigenvalue weighted by Gasteiger charge is 2.25. The van der Waals surface area contributed by atoms with E-state index in [1.54, 1.807) is 4.68 Å². The second kappa shape index (κ2) is 9.50. The average molecular weight is 393 g/mol. The number of halogens is 2. The molecule has 0 bridgehead atoms. The molecule has 0 radical (unpaired) electrons. The van der Waals surface area contributed by atoms with Crippen LogP contribution in [0.25, 0.3) is 0 Å². The maximum atomic E-state index is 13.2. The first-order valence-corrected chi connectivity index (χ1v) is 9.28. The first-order chi connectivity index (χ1) is 13.6. The van der Waals surface area contributed by atoms with Gasteiger partial charge in [-0.25, -0.2) is 13.8 Å². The number of nitrogens with zero attached hydrogens (tertiary/aromatic N) is 4. The molecule has 1 aromatic heterocycles. The van der Waals surface area contributed by atoms with Crippen LogP contribution in [0.3, 0.4) is 0 Å². The van der Waals surface area contributed by atoms with Crippen LogP contribution < -0.4 is 10.1 Å². The summed E-state index contributed by atoms with van der Waals surface area (Å²) in [5.41, 5.74) is 1.03. The van der Waals surface area contributed by atoms with E-state index in [0.717, 1.165) is 36.7 Å². The van der Waals surface area contributed by atoms with E-state index in [0.29, 0.717) is 19.7 Å². The number of aliphatic imine (C=N–C) groups is 1. The van der Waals surface area contributed by atoms with Gasteiger partial charge in [0.2, 0.25) is 0 Å². The van der Waals surface area contributed by atoms with Crippen LogP contribution in [0.5, 0.6) is 5.75 Å². The van der Waals surface area contributed by atoms with Crippen LogP contribution in [0.1, 0.15) is 18.6 Å². The molecule has 0 amide bonds. The zero-order valence-corrected chi connectivity index (χ0v) is 16.1. The van der Waals surface area contributed by atoms with Gasteiger partial charge in [-0.2, -0.15) is 5.10 Å². The summed E-state index contributed by atoms with van der Waals surface area (Å²) in [5, 5.41) is 7.48. The molecule has 0 saturated carbocycles. The number of rotatable bonds is 6. The fourth-order valence-corrected chi connectivity index (χ4v) is 2.96. The van der Waals surface area contributed by atoms with Gasteiger partial charge in [0.1, 0.15) is 18.5 Å². The van der Waals surface area contributed by atoms with Gasteiger partial charge in [0.15, 0.2) is 17.6 Å². The van der Waals surface area contributed by atoms with Crippen LogP contribution in [-0.4, -0.2) is 60.0 Å². The summed E-state index contributed by atoms with van der Waals surface area (Å²) in [6.07, 6.45) is 3.70. The molecule has 9 heteroatoms. The van der Waals surface area contributed by atoms with Gasteiger partial charge in [0.05, 0.1) is 25.9 Å². The van der Waals surface area contributed by atoms with Crippen molar-refractivity contribution in [1.29, 1.82) is 0 Å². The maximum absolute atomic E-state index is 13.2. The van der Waals surface area contributed by atoms with E-state index in [1.807, 2.05) is 26.4 Å². The van der Waals surface area contributed by atoms with Crippen LogP contribution in [0, 0.1) is 11.6 Å². The van der Waals surface area contributed by atoms with E-state index in [9.17, 15) is 8.78 Å². The Balaban J connectivity index is 1.57. The zero-order valence-electron chi connectivity index (χ0n) is 16.1. The van der Waals surface area contributed by atoms with Crippen LogP contribution in [0.15, 0.2) is 35.6 Å². The van der Waals surface area contributed by atoms with Crippen LogP contribution >= 0.6 is 0 Å². The van der Waals surface area contributed by atoms with E-state index < -0.39 is 11.6 Å². The maximum Gasteiger partial charge on any atom is 0.194 e. The average Bonchev–Trinajstić information content (AvgIpc) is 3.13. The molecule has 1 atom stereocenters. The van der Waals surface area contributed by atoms with Gasteiger partial charge in [-0.3, -0.25) is 4.68 Å². The predicted molar refractivity (Wildman–Crippen MR) is 101 cm³/mol. The summed E-state index contributed by atoms with van der Waals surface area (Å²) in [4.78, 5) is 6.73. The third kappa shape index (κ3) is 5.19. The molecule has 1 aromatic carbocycles. The number of hydrogen-bond donors (Lipinski definition) is 1. The Morgan fingerprint density at radius 1 is 1.39 bits per heavy atom. The van der Waals surface area contributed by atoms with Crippen molar-refractivity contribution in [3.8, 4) is 5.75 Å². The Kier molecular flexibility index (Phi) is 6.80. The molecule has 1 N–H and O–H groups in total. The first-order valence-electron chi connectivity index (χ1n) is 9.28. The molecule has 3 rings (SSSR count). The van der Waals surface area contributed by atoms with Crippen LogP contribution in [0.2, 0.25) is 0 Å². The molecule has 152 valence electrons. The molecule has 1 fully saturated rings. The SMILES string of the molecule is CCNC(=NCCOc1ccc(F)c(F)c1)N1CCOC(c2cnn(C)c2)C1. The molecule has 0 spiro atoms. The van der Waals surface area contributed by atoms with E-state index in [4.69, 9.17) is 9.47 Å². The first kappa shape index (κ1) is 20.1. The fraction of sp³-hybridized carbons (Fsp3) is 0.474. The van der Waals surface area contributed by atoms with Gasteiger partial charge in [0, 0.05) is 38.0 Å². The molecular formula is C19H25F2N5O2. The topological polar surface area (TPSA) is 63.9 Å². The molecule has 7 nitrogen and oxygen atoms in total. The Bertz CT molecular complexity index is 811. The summed E-state index contributed by atoms with van der Waals surface area (Å²) in [5.74, 6) is -0.768. The van der Waals surface area contributed by atoms with E-state index in [-0.39, 0.29) is 18.5 Å². The van der Waals surface area contributed by atoms with Crippen molar-refractivity contribution in [2.75, 3.05) is 39.4 Å².